The van der Waals surface area contributed by atoms with Crippen LogP contribution in [0.5, 0.6) is 5.75 Å². The molecule has 31 heavy (non-hydrogen) atoms. The van der Waals surface area contributed by atoms with E-state index in [2.05, 4.69) is 51.8 Å². The van der Waals surface area contributed by atoms with Crippen molar-refractivity contribution < 1.29 is 14.3 Å². The molecule has 1 unspecified atom stereocenters. The maximum absolute atomic E-state index is 12.4. The van der Waals surface area contributed by atoms with Crippen LogP contribution in [0.15, 0.2) is 54.6 Å². The van der Waals surface area contributed by atoms with E-state index in [4.69, 9.17) is 9.47 Å². The molecule has 0 aliphatic heterocycles. The fourth-order valence-corrected chi connectivity index (χ4v) is 5.00. The van der Waals surface area contributed by atoms with Crippen LogP contribution in [-0.2, 0) is 22.6 Å². The number of ether oxygens (including phenoxy) is 2. The van der Waals surface area contributed by atoms with E-state index in [0.29, 0.717) is 6.61 Å². The highest BCUT2D eigenvalue weighted by Gasteiger charge is 2.57. The third kappa shape index (κ3) is 5.37. The molecule has 0 N–H and O–H groups in total. The molecule has 1 aliphatic carbocycles. The summed E-state index contributed by atoms with van der Waals surface area (Å²) in [5.41, 5.74) is 3.89. The van der Waals surface area contributed by atoms with E-state index < -0.39 is 5.60 Å². The second-order valence-electron chi connectivity index (χ2n) is 9.37. The smallest absolute Gasteiger partial charge is 0.310 e. The number of aryl methyl sites for hydroxylation is 1. The van der Waals surface area contributed by atoms with Gasteiger partial charge in [-0.1, -0.05) is 52.9 Å². The fraction of sp³-hybridized carbons (Fsp3) is 0.385. The number of pyridine rings is 1. The molecule has 1 heterocycles. The molecule has 4 nitrogen and oxygen atoms in total. The summed E-state index contributed by atoms with van der Waals surface area (Å²) in [7, 11) is 0. The van der Waals surface area contributed by atoms with Crippen LogP contribution >= 0.6 is 22.6 Å². The van der Waals surface area contributed by atoms with Crippen LogP contribution in [0.2, 0.25) is 0 Å². The molecule has 0 spiro atoms. The van der Waals surface area contributed by atoms with Crippen molar-refractivity contribution in [1.29, 1.82) is 0 Å². The lowest BCUT2D eigenvalue weighted by Gasteiger charge is -2.20. The SMILES string of the molecule is Cc1cc(COc2ccc(C[C@]3(I)CC3C(=O)OC(C)(C)C)cc2)c2ccccc2n1. The van der Waals surface area contributed by atoms with E-state index in [-0.39, 0.29) is 15.3 Å². The third-order valence-electron chi connectivity index (χ3n) is 5.44. The molecule has 0 amide bonds. The number of alkyl halides is 1. The number of aromatic nitrogens is 1. The van der Waals surface area contributed by atoms with Crippen molar-refractivity contribution in [3.05, 3.63) is 71.4 Å². The van der Waals surface area contributed by atoms with E-state index in [1.807, 2.05) is 58.0 Å². The van der Waals surface area contributed by atoms with Gasteiger partial charge in [0.2, 0.25) is 0 Å². The highest BCUT2D eigenvalue weighted by atomic mass is 127. The molecule has 1 fully saturated rings. The van der Waals surface area contributed by atoms with Gasteiger partial charge >= 0.3 is 5.97 Å². The highest BCUT2D eigenvalue weighted by Crippen LogP contribution is 2.54. The summed E-state index contributed by atoms with van der Waals surface area (Å²) in [5.74, 6) is 0.734. The van der Waals surface area contributed by atoms with E-state index in [0.717, 1.165) is 40.8 Å². The van der Waals surface area contributed by atoms with Crippen molar-refractivity contribution in [2.75, 3.05) is 0 Å². The summed E-state index contributed by atoms with van der Waals surface area (Å²) in [5, 5.41) is 1.12. The minimum atomic E-state index is -0.436. The Labute approximate surface area is 197 Å². The number of esters is 1. The topological polar surface area (TPSA) is 48.4 Å². The summed E-state index contributed by atoms with van der Waals surface area (Å²) in [4.78, 5) is 17.0. The standard InChI is InChI=1S/C26H28INO3/c1-17-13-19(21-7-5-6-8-23(21)28-17)16-30-20-11-9-18(10-12-20)14-26(27)15-22(26)24(29)31-25(2,3)4/h5-13,22H,14-16H2,1-4H3/t22?,26-/m0/s1. The molecule has 1 saturated carbocycles. The average molecular weight is 529 g/mol. The molecule has 4 rings (SSSR count). The lowest BCUT2D eigenvalue weighted by molar-refractivity contribution is -0.156. The number of benzene rings is 2. The third-order valence-corrected chi connectivity index (χ3v) is 7.02. The van der Waals surface area contributed by atoms with Crippen molar-refractivity contribution in [3.63, 3.8) is 0 Å². The Hall–Kier alpha value is -2.15. The number of nitrogens with zero attached hydrogens (tertiary/aromatic N) is 1. The number of hydrogen-bond donors (Lipinski definition) is 0. The molecule has 3 aromatic rings. The lowest BCUT2D eigenvalue weighted by Crippen LogP contribution is -2.27. The van der Waals surface area contributed by atoms with Crippen molar-refractivity contribution in [1.82, 2.24) is 4.98 Å². The Morgan fingerprint density at radius 1 is 1.16 bits per heavy atom. The first kappa shape index (κ1) is 22.1. The summed E-state index contributed by atoms with van der Waals surface area (Å²) in [6.07, 6.45) is 1.72. The van der Waals surface area contributed by atoms with E-state index in [1.165, 1.54) is 5.56 Å². The Kier molecular flexibility index (Phi) is 5.99. The second kappa shape index (κ2) is 8.41. The van der Waals surface area contributed by atoms with Gasteiger partial charge in [-0.05, 0) is 70.4 Å². The zero-order valence-corrected chi connectivity index (χ0v) is 20.6. The number of carbonyl (C=O) groups excluding carboxylic acids is 1. The number of hydrogen-bond acceptors (Lipinski definition) is 4. The van der Waals surface area contributed by atoms with Crippen molar-refractivity contribution in [2.24, 2.45) is 5.92 Å². The largest absolute Gasteiger partial charge is 0.489 e. The van der Waals surface area contributed by atoms with E-state index >= 15 is 0 Å². The number of fused-ring (bicyclic) bond motifs is 1. The Balaban J connectivity index is 1.37. The molecule has 2 atom stereocenters. The molecule has 0 saturated heterocycles. The molecule has 1 aliphatic rings. The van der Waals surface area contributed by atoms with Crippen LogP contribution in [-0.4, -0.2) is 20.0 Å². The summed E-state index contributed by atoms with van der Waals surface area (Å²) >= 11 is 2.43. The van der Waals surface area contributed by atoms with Crippen LogP contribution in [0, 0.1) is 12.8 Å². The quantitative estimate of drug-likeness (QED) is 0.217. The second-order valence-corrected chi connectivity index (χ2v) is 11.5. The van der Waals surface area contributed by atoms with Crippen LogP contribution in [0.1, 0.15) is 44.0 Å². The fourth-order valence-electron chi connectivity index (χ4n) is 3.86. The first-order valence-electron chi connectivity index (χ1n) is 10.6. The predicted octanol–water partition coefficient (Wildman–Crippen LogP) is 6.20. The molecule has 0 bridgehead atoms. The Bertz CT molecular complexity index is 1100. The van der Waals surface area contributed by atoms with E-state index in [1.54, 1.807) is 0 Å². The normalized spacial score (nSPS) is 20.5. The molecule has 162 valence electrons. The maximum Gasteiger partial charge on any atom is 0.310 e. The number of halogens is 1. The Morgan fingerprint density at radius 3 is 2.58 bits per heavy atom. The van der Waals surface area contributed by atoms with Crippen molar-refractivity contribution in [3.8, 4) is 5.75 Å². The molecule has 1 aromatic heterocycles. The Morgan fingerprint density at radius 2 is 1.87 bits per heavy atom. The molecule has 0 radical (unpaired) electrons. The number of para-hydroxylation sites is 1. The molecular weight excluding hydrogens is 501 g/mol. The van der Waals surface area contributed by atoms with Crippen LogP contribution in [0.25, 0.3) is 10.9 Å². The van der Waals surface area contributed by atoms with Crippen LogP contribution in [0.4, 0.5) is 0 Å². The zero-order chi connectivity index (χ0) is 22.2. The van der Waals surface area contributed by atoms with Crippen molar-refractivity contribution in [2.45, 2.75) is 56.2 Å². The van der Waals surface area contributed by atoms with Gasteiger partial charge in [0.05, 0.1) is 11.4 Å². The predicted molar refractivity (Wildman–Crippen MR) is 132 cm³/mol. The monoisotopic (exact) mass is 529 g/mol. The van der Waals surface area contributed by atoms with Gasteiger partial charge in [-0.15, -0.1) is 0 Å². The van der Waals surface area contributed by atoms with Crippen LogP contribution in [0.3, 0.4) is 0 Å². The van der Waals surface area contributed by atoms with Gasteiger partial charge in [-0.3, -0.25) is 9.78 Å². The summed E-state index contributed by atoms with van der Waals surface area (Å²) in [6, 6.07) is 18.4. The molecule has 5 heteroatoms. The van der Waals surface area contributed by atoms with Crippen molar-refractivity contribution >= 4 is 39.5 Å². The summed E-state index contributed by atoms with van der Waals surface area (Å²) in [6.45, 7) is 8.25. The molecular formula is C26H28INO3. The zero-order valence-electron chi connectivity index (χ0n) is 18.4. The lowest BCUT2D eigenvalue weighted by atomic mass is 10.1. The van der Waals surface area contributed by atoms with Gasteiger partial charge in [0, 0.05) is 20.1 Å². The van der Waals surface area contributed by atoms with Crippen LogP contribution < -0.4 is 4.74 Å². The molecule has 2 aromatic carbocycles. The number of rotatable bonds is 6. The van der Waals surface area contributed by atoms with Gasteiger partial charge < -0.3 is 9.47 Å². The van der Waals surface area contributed by atoms with Gasteiger partial charge in [0.15, 0.2) is 0 Å². The average Bonchev–Trinajstić information content (AvgIpc) is 3.37. The van der Waals surface area contributed by atoms with Gasteiger partial charge in [0.25, 0.3) is 0 Å². The minimum absolute atomic E-state index is 0.0218. The maximum atomic E-state index is 12.4. The highest BCUT2D eigenvalue weighted by molar-refractivity contribution is 14.1. The van der Waals surface area contributed by atoms with Gasteiger partial charge in [0.1, 0.15) is 18.0 Å². The number of carbonyl (C=O) groups is 1. The first-order valence-corrected chi connectivity index (χ1v) is 11.7. The summed E-state index contributed by atoms with van der Waals surface area (Å²) < 4.78 is 11.6. The van der Waals surface area contributed by atoms with Gasteiger partial charge in [-0.2, -0.15) is 0 Å². The van der Waals surface area contributed by atoms with Gasteiger partial charge in [-0.25, -0.2) is 0 Å². The van der Waals surface area contributed by atoms with E-state index in [9.17, 15) is 4.79 Å². The first-order chi connectivity index (χ1) is 14.6. The minimum Gasteiger partial charge on any atom is -0.489 e.